The zero-order valence-corrected chi connectivity index (χ0v) is 12.8. The Morgan fingerprint density at radius 1 is 0.947 bits per heavy atom. The maximum absolute atomic E-state index is 14.3. The van der Waals surface area contributed by atoms with Crippen LogP contribution in [0.2, 0.25) is 6.04 Å². The van der Waals surface area contributed by atoms with E-state index in [0.29, 0.717) is 0 Å². The molecule has 0 aromatic heterocycles. The summed E-state index contributed by atoms with van der Waals surface area (Å²) in [6.45, 7) is -2.42. The van der Waals surface area contributed by atoms with Crippen LogP contribution in [0.25, 0.3) is 0 Å². The van der Waals surface area contributed by atoms with Gasteiger partial charge in [0.1, 0.15) is 0 Å². The molecule has 10 heteroatoms. The molecule has 1 nitrogen and oxygen atoms in total. The lowest BCUT2D eigenvalue weighted by molar-refractivity contribution is -0.358. The summed E-state index contributed by atoms with van der Waals surface area (Å²) < 4.78 is 82.3. The monoisotopic (exact) mass is 350 g/mol. The van der Waals surface area contributed by atoms with E-state index in [2.05, 4.69) is 4.74 Å². The van der Waals surface area contributed by atoms with Crippen LogP contribution in [-0.4, -0.2) is 30.9 Å². The van der Waals surface area contributed by atoms with E-state index in [4.69, 9.17) is 22.2 Å². The quantitative estimate of drug-likeness (QED) is 0.350. The molecule has 0 bridgehead atoms. The first-order valence-electron chi connectivity index (χ1n) is 5.52. The number of hydrogen-bond acceptors (Lipinski definition) is 1. The van der Waals surface area contributed by atoms with Gasteiger partial charge in [-0.2, -0.15) is 22.0 Å². The minimum atomic E-state index is -6.13. The minimum Gasteiger partial charge on any atom is -0.342 e. The number of hydrogen-bond donors (Lipinski definition) is 0. The van der Waals surface area contributed by atoms with E-state index in [1.807, 2.05) is 0 Å². The molecule has 116 valence electrons. The summed E-state index contributed by atoms with van der Waals surface area (Å²) in [5.41, 5.74) is -4.41. The summed E-state index contributed by atoms with van der Waals surface area (Å²) in [6, 6.07) is -0.484. The van der Waals surface area contributed by atoms with Crippen molar-refractivity contribution in [2.24, 2.45) is 0 Å². The molecule has 0 aliphatic heterocycles. The highest BCUT2D eigenvalue weighted by molar-refractivity contribution is 7.46. The third kappa shape index (κ3) is 3.71. The zero-order chi connectivity index (χ0) is 15.5. The number of halogens is 8. The Labute approximate surface area is 117 Å². The van der Waals surface area contributed by atoms with Crippen molar-refractivity contribution in [3.05, 3.63) is 0 Å². The molecule has 0 saturated carbocycles. The van der Waals surface area contributed by atoms with Crippen LogP contribution in [0.15, 0.2) is 0 Å². The topological polar surface area (TPSA) is 9.23 Å². The Kier molecular flexibility index (Phi) is 6.52. The first kappa shape index (κ1) is 19.3. The van der Waals surface area contributed by atoms with E-state index in [1.54, 1.807) is 0 Å². The van der Waals surface area contributed by atoms with Crippen LogP contribution < -0.4 is 0 Å². The Bertz CT molecular complexity index is 299. The van der Waals surface area contributed by atoms with Crippen molar-refractivity contribution in [3.63, 3.8) is 0 Å². The molecule has 19 heavy (non-hydrogen) atoms. The molecular weight excluding hydrogens is 337 g/mol. The molecule has 0 aliphatic carbocycles. The highest BCUT2D eigenvalue weighted by Gasteiger charge is 2.79. The third-order valence-electron chi connectivity index (χ3n) is 2.30. The van der Waals surface area contributed by atoms with Crippen molar-refractivity contribution in [1.82, 2.24) is 0 Å². The second-order valence-electron chi connectivity index (χ2n) is 3.97. The fourth-order valence-electron chi connectivity index (χ4n) is 1.33. The van der Waals surface area contributed by atoms with Gasteiger partial charge in [0.2, 0.25) is 0 Å². The van der Waals surface area contributed by atoms with Gasteiger partial charge in [0.15, 0.2) is 0 Å². The number of alkyl halides is 6. The molecule has 0 saturated heterocycles. The van der Waals surface area contributed by atoms with Crippen molar-refractivity contribution in [2.45, 2.75) is 50.3 Å². The highest BCUT2D eigenvalue weighted by Crippen LogP contribution is 2.53. The fraction of sp³-hybridized carbons (Fsp3) is 1.00. The number of ether oxygens (including phenoxy) is 1. The smallest absolute Gasteiger partial charge is 0.342 e. The SMILES string of the molecule is CCCOC(F)(C(F)(F)C(F)(F)F)[Si](Cl)(Cl)CCC. The molecule has 0 fully saturated rings. The largest absolute Gasteiger partial charge is 0.459 e. The normalized spacial score (nSPS) is 17.4. The van der Waals surface area contributed by atoms with Gasteiger partial charge in [0, 0.05) is 0 Å². The van der Waals surface area contributed by atoms with Crippen LogP contribution in [0.4, 0.5) is 26.3 Å². The van der Waals surface area contributed by atoms with Gasteiger partial charge >= 0.3 is 18.8 Å². The average Bonchev–Trinajstić information content (AvgIpc) is 2.23. The van der Waals surface area contributed by atoms with Crippen LogP contribution in [0.1, 0.15) is 26.7 Å². The van der Waals surface area contributed by atoms with E-state index in [-0.39, 0.29) is 12.8 Å². The van der Waals surface area contributed by atoms with Crippen molar-refractivity contribution < 1.29 is 31.1 Å². The van der Waals surface area contributed by atoms with E-state index >= 15 is 0 Å². The molecule has 0 radical (unpaired) electrons. The second kappa shape index (κ2) is 6.40. The average molecular weight is 351 g/mol. The zero-order valence-electron chi connectivity index (χ0n) is 10.3. The maximum atomic E-state index is 14.3. The Balaban J connectivity index is 5.65. The highest BCUT2D eigenvalue weighted by atomic mass is 35.7. The van der Waals surface area contributed by atoms with Crippen molar-refractivity contribution in [3.8, 4) is 0 Å². The van der Waals surface area contributed by atoms with Gasteiger partial charge in [-0.25, -0.2) is 4.39 Å². The van der Waals surface area contributed by atoms with Crippen molar-refractivity contribution >= 4 is 28.9 Å². The van der Waals surface area contributed by atoms with Crippen LogP contribution in [0, 0.1) is 0 Å². The fourth-order valence-corrected chi connectivity index (χ4v) is 5.36. The lowest BCUT2D eigenvalue weighted by Gasteiger charge is -2.40. The molecule has 0 N–H and O–H groups in total. The van der Waals surface area contributed by atoms with E-state index in [0.717, 1.165) is 0 Å². The van der Waals surface area contributed by atoms with Gasteiger partial charge < -0.3 is 4.74 Å². The third-order valence-corrected chi connectivity index (χ3v) is 7.42. The molecule has 0 spiro atoms. The summed E-state index contributed by atoms with van der Waals surface area (Å²) in [5.74, 6) is -5.76. The van der Waals surface area contributed by atoms with Crippen LogP contribution in [-0.2, 0) is 4.74 Å². The molecule has 0 aromatic rings. The molecule has 0 amide bonds. The molecule has 0 heterocycles. The molecular formula is C9H14Cl2F6OSi. The second-order valence-corrected chi connectivity index (χ2v) is 11.0. The summed E-state index contributed by atoms with van der Waals surface area (Å²) in [5, 5.41) is 0. The van der Waals surface area contributed by atoms with Gasteiger partial charge in [-0.15, -0.1) is 22.2 Å². The van der Waals surface area contributed by atoms with Crippen LogP contribution in [0.3, 0.4) is 0 Å². The van der Waals surface area contributed by atoms with Gasteiger partial charge in [-0.1, -0.05) is 20.3 Å². The van der Waals surface area contributed by atoms with E-state index in [9.17, 15) is 26.3 Å². The molecule has 1 unspecified atom stereocenters. The summed E-state index contributed by atoms with van der Waals surface area (Å²) in [6.07, 6.45) is -6.02. The van der Waals surface area contributed by atoms with Gasteiger partial charge in [0.05, 0.1) is 6.61 Å². The summed E-state index contributed by atoms with van der Waals surface area (Å²) in [4.78, 5) is 0. The van der Waals surface area contributed by atoms with E-state index < -0.39 is 36.9 Å². The first-order valence-corrected chi connectivity index (χ1v) is 9.75. The minimum absolute atomic E-state index is 0.0456. The summed E-state index contributed by atoms with van der Waals surface area (Å²) in [7, 11) is 0. The van der Waals surface area contributed by atoms with E-state index in [1.165, 1.54) is 13.8 Å². The molecule has 1 atom stereocenters. The van der Waals surface area contributed by atoms with Crippen LogP contribution >= 0.6 is 22.2 Å². The summed E-state index contributed by atoms with van der Waals surface area (Å²) >= 11 is 11.0. The molecule has 0 rings (SSSR count). The van der Waals surface area contributed by atoms with Crippen molar-refractivity contribution in [1.29, 1.82) is 0 Å². The first-order chi connectivity index (χ1) is 8.37. The predicted octanol–water partition coefficient (Wildman–Crippen LogP) is 5.15. The van der Waals surface area contributed by atoms with Gasteiger partial charge in [-0.3, -0.25) is 0 Å². The molecule has 0 aliphatic rings. The maximum Gasteiger partial charge on any atom is 0.459 e. The van der Waals surface area contributed by atoms with Crippen molar-refractivity contribution in [2.75, 3.05) is 6.61 Å². The molecule has 0 aromatic carbocycles. The standard InChI is InChI=1S/C9H14Cl2F6OSi/c1-3-5-18-9(17,19(10,11)6-4-2)7(12,13)8(14,15)16/h3-6H2,1-2H3. The van der Waals surface area contributed by atoms with Gasteiger partial charge in [0.25, 0.3) is 5.48 Å². The lowest BCUT2D eigenvalue weighted by Crippen LogP contribution is -2.66. The Hall–Kier alpha value is 0.337. The predicted molar refractivity (Wildman–Crippen MR) is 63.6 cm³/mol. The van der Waals surface area contributed by atoms with Crippen LogP contribution in [0.5, 0.6) is 0 Å². The Morgan fingerprint density at radius 3 is 1.74 bits per heavy atom. The Morgan fingerprint density at radius 2 is 1.42 bits per heavy atom. The number of rotatable bonds is 7. The lowest BCUT2D eigenvalue weighted by atomic mass is 10.3. The van der Waals surface area contributed by atoms with Gasteiger partial charge in [-0.05, 0) is 12.5 Å².